The van der Waals surface area contributed by atoms with E-state index in [1.165, 1.54) is 25.7 Å². The third kappa shape index (κ3) is 0.937. The topological polar surface area (TPSA) is 26.3 Å². The number of fused-ring (bicyclic) bond motifs is 4. The molecule has 26 heavy (non-hydrogen) atoms. The van der Waals surface area contributed by atoms with E-state index in [9.17, 15) is 4.79 Å². The molecule has 8 rings (SSSR count). The third-order valence-corrected chi connectivity index (χ3v) is 13.1. The molecule has 0 aromatic heterocycles. The Morgan fingerprint density at radius 3 is 2.27 bits per heavy atom. The van der Waals surface area contributed by atoms with Crippen molar-refractivity contribution in [3.63, 3.8) is 0 Å². The van der Waals surface area contributed by atoms with Gasteiger partial charge in [0.1, 0.15) is 0 Å². The minimum atomic E-state index is -0.176. The minimum Gasteiger partial charge on any atom is -0.469 e. The van der Waals surface area contributed by atoms with Crippen LogP contribution in [0, 0.1) is 87.3 Å². The highest BCUT2D eigenvalue weighted by Gasteiger charge is 2.92. The first-order chi connectivity index (χ1) is 12.4. The standard InChI is InChI=1S/C24H32O2/c1-22-8-7-11-16-14-13-15(24(16,3)21(25)26-4)9-5-6-10-12(9)18(13)23(2,20(10)22)19(14)17(11)22/h9-20H,5-8H2,1-4H3/t9-,10-,11-,12-,13-,14+,15-,16+,17+,18-,19-,20-,22-,23-,24-/m1/s1. The lowest BCUT2D eigenvalue weighted by Gasteiger charge is -2.43. The smallest absolute Gasteiger partial charge is 0.312 e. The van der Waals surface area contributed by atoms with Gasteiger partial charge in [-0.15, -0.1) is 0 Å². The molecule has 0 heterocycles. The normalized spacial score (nSPS) is 77.2. The lowest BCUT2D eigenvalue weighted by molar-refractivity contribution is -0.160. The third-order valence-electron chi connectivity index (χ3n) is 13.1. The number of rotatable bonds is 1. The van der Waals surface area contributed by atoms with Gasteiger partial charge in [0.15, 0.2) is 0 Å². The molecular formula is C24H32O2. The van der Waals surface area contributed by atoms with E-state index in [0.717, 1.165) is 59.2 Å². The van der Waals surface area contributed by atoms with Crippen LogP contribution in [0.25, 0.3) is 0 Å². The Bertz CT molecular complexity index is 789. The van der Waals surface area contributed by atoms with Crippen molar-refractivity contribution in [2.45, 2.75) is 46.5 Å². The first-order valence-electron chi connectivity index (χ1n) is 11.5. The zero-order valence-corrected chi connectivity index (χ0v) is 16.6. The van der Waals surface area contributed by atoms with E-state index in [1.54, 1.807) is 7.11 Å². The molecule has 0 bridgehead atoms. The SMILES string of the molecule is COC(=O)[C@]1(C)[C@@H]2[C@@H]3CC[C@@H]4[C@@H]3[C@@H]3[C@@H]2[C@H]2[C@@H]1[C@H]1CC[C@]5(C)[C@@H]1[C@@H]2[C@]3(C)[C@H]45. The Balaban J connectivity index is 1.48. The molecule has 0 unspecified atom stereocenters. The van der Waals surface area contributed by atoms with Crippen LogP contribution in [0.15, 0.2) is 0 Å². The molecular weight excluding hydrogens is 320 g/mol. The van der Waals surface area contributed by atoms with Gasteiger partial charge >= 0.3 is 5.97 Å². The quantitative estimate of drug-likeness (QED) is 0.660. The summed E-state index contributed by atoms with van der Waals surface area (Å²) < 4.78 is 5.56. The van der Waals surface area contributed by atoms with Crippen molar-refractivity contribution >= 4 is 5.97 Å². The van der Waals surface area contributed by atoms with E-state index < -0.39 is 0 Å². The molecule has 15 atom stereocenters. The van der Waals surface area contributed by atoms with E-state index in [1.807, 2.05) is 0 Å². The van der Waals surface area contributed by atoms with Crippen molar-refractivity contribution in [1.82, 2.24) is 0 Å². The zero-order valence-electron chi connectivity index (χ0n) is 16.6. The van der Waals surface area contributed by atoms with E-state index in [2.05, 4.69) is 20.8 Å². The van der Waals surface area contributed by atoms with E-state index >= 15 is 0 Å². The fourth-order valence-electron chi connectivity index (χ4n) is 14.0. The first kappa shape index (κ1) is 14.5. The van der Waals surface area contributed by atoms with Gasteiger partial charge in [0.05, 0.1) is 12.5 Å². The molecule has 0 amide bonds. The Morgan fingerprint density at radius 1 is 0.808 bits per heavy atom. The van der Waals surface area contributed by atoms with Crippen molar-refractivity contribution in [3.8, 4) is 0 Å². The summed E-state index contributed by atoms with van der Waals surface area (Å²) in [4.78, 5) is 13.4. The van der Waals surface area contributed by atoms with Crippen LogP contribution >= 0.6 is 0 Å². The van der Waals surface area contributed by atoms with Crippen LogP contribution in [0.3, 0.4) is 0 Å². The Morgan fingerprint density at radius 2 is 1.50 bits per heavy atom. The number of hydrogen-bond donors (Lipinski definition) is 0. The van der Waals surface area contributed by atoms with Gasteiger partial charge < -0.3 is 4.74 Å². The predicted octanol–water partition coefficient (Wildman–Crippen LogP) is 4.24. The molecule has 2 heteroatoms. The maximum Gasteiger partial charge on any atom is 0.312 e. The monoisotopic (exact) mass is 352 g/mol. The summed E-state index contributed by atoms with van der Waals surface area (Å²) in [6.45, 7) is 7.86. The van der Waals surface area contributed by atoms with Gasteiger partial charge in [-0.05, 0) is 114 Å². The fourth-order valence-corrected chi connectivity index (χ4v) is 14.0. The highest BCUT2D eigenvalue weighted by atomic mass is 16.5. The summed E-state index contributed by atoms with van der Waals surface area (Å²) in [6.07, 6.45) is 5.75. The van der Waals surface area contributed by atoms with Crippen molar-refractivity contribution < 1.29 is 9.53 Å². The summed E-state index contributed by atoms with van der Waals surface area (Å²) in [6, 6.07) is 0. The molecule has 0 N–H and O–H groups in total. The number of methoxy groups -OCH3 is 1. The van der Waals surface area contributed by atoms with Crippen LogP contribution in [-0.4, -0.2) is 13.1 Å². The van der Waals surface area contributed by atoms with Crippen LogP contribution in [0.4, 0.5) is 0 Å². The summed E-state index contributed by atoms with van der Waals surface area (Å²) >= 11 is 0. The minimum absolute atomic E-state index is 0.164. The second-order valence-corrected chi connectivity index (χ2v) is 12.6. The molecule has 0 aromatic rings. The molecule has 0 spiro atoms. The van der Waals surface area contributed by atoms with Crippen molar-refractivity contribution in [2.75, 3.05) is 7.11 Å². The van der Waals surface area contributed by atoms with Crippen LogP contribution in [0.1, 0.15) is 46.5 Å². The van der Waals surface area contributed by atoms with Gasteiger partial charge in [0, 0.05) is 0 Å². The summed E-state index contributed by atoms with van der Waals surface area (Å²) in [5, 5.41) is 0. The van der Waals surface area contributed by atoms with Crippen molar-refractivity contribution in [3.05, 3.63) is 0 Å². The van der Waals surface area contributed by atoms with Crippen LogP contribution in [-0.2, 0) is 9.53 Å². The molecule has 8 aliphatic rings. The average molecular weight is 353 g/mol. The number of esters is 1. The molecule has 0 radical (unpaired) electrons. The van der Waals surface area contributed by atoms with Crippen LogP contribution in [0.5, 0.6) is 0 Å². The van der Waals surface area contributed by atoms with E-state index in [4.69, 9.17) is 4.74 Å². The summed E-state index contributed by atoms with van der Waals surface area (Å²) in [7, 11) is 1.66. The Kier molecular flexibility index (Phi) is 1.98. The number of carbonyl (C=O) groups excluding carboxylic acids is 1. The molecule has 2 nitrogen and oxygen atoms in total. The molecule has 8 fully saturated rings. The molecule has 140 valence electrons. The maximum atomic E-state index is 13.4. The van der Waals surface area contributed by atoms with Crippen LogP contribution in [0.2, 0.25) is 0 Å². The lowest BCUT2D eigenvalue weighted by atomic mass is 9.61. The highest BCUT2D eigenvalue weighted by molar-refractivity contribution is 5.79. The first-order valence-corrected chi connectivity index (χ1v) is 11.5. The number of carbonyl (C=O) groups is 1. The fraction of sp³-hybridized carbons (Fsp3) is 0.958. The van der Waals surface area contributed by atoms with Gasteiger partial charge in [-0.3, -0.25) is 4.79 Å². The maximum absolute atomic E-state index is 13.4. The Hall–Kier alpha value is -0.530. The largest absolute Gasteiger partial charge is 0.469 e. The number of ether oxygens (including phenoxy) is 1. The summed E-state index contributed by atoms with van der Waals surface area (Å²) in [5.41, 5.74) is 1.04. The van der Waals surface area contributed by atoms with Gasteiger partial charge in [-0.2, -0.15) is 0 Å². The second kappa shape index (κ2) is 3.57. The van der Waals surface area contributed by atoms with E-state index in [-0.39, 0.29) is 11.4 Å². The predicted molar refractivity (Wildman–Crippen MR) is 96.7 cm³/mol. The number of hydrogen-bond acceptors (Lipinski definition) is 2. The van der Waals surface area contributed by atoms with Gasteiger partial charge in [-0.1, -0.05) is 13.8 Å². The van der Waals surface area contributed by atoms with E-state index in [0.29, 0.717) is 22.7 Å². The second-order valence-electron chi connectivity index (χ2n) is 12.6. The highest BCUT2D eigenvalue weighted by Crippen LogP contribution is 2.95. The molecule has 0 aliphatic heterocycles. The lowest BCUT2D eigenvalue weighted by Crippen LogP contribution is -2.45. The molecule has 8 aliphatic carbocycles. The zero-order chi connectivity index (χ0) is 17.5. The van der Waals surface area contributed by atoms with Gasteiger partial charge in [-0.25, -0.2) is 0 Å². The van der Waals surface area contributed by atoms with Gasteiger partial charge in [0.25, 0.3) is 0 Å². The van der Waals surface area contributed by atoms with Crippen molar-refractivity contribution in [1.29, 1.82) is 0 Å². The molecule has 8 saturated carbocycles. The molecule has 0 aromatic carbocycles. The van der Waals surface area contributed by atoms with Crippen LogP contribution < -0.4 is 0 Å². The van der Waals surface area contributed by atoms with Crippen molar-refractivity contribution in [2.24, 2.45) is 87.3 Å². The summed E-state index contributed by atoms with van der Waals surface area (Å²) in [5.74, 6) is 10.7. The Labute approximate surface area is 156 Å². The molecule has 0 saturated heterocycles. The average Bonchev–Trinajstić information content (AvgIpc) is 3.36. The van der Waals surface area contributed by atoms with Gasteiger partial charge in [0.2, 0.25) is 0 Å².